The van der Waals surface area contributed by atoms with Gasteiger partial charge in [0.05, 0.1) is 38.1 Å². The van der Waals surface area contributed by atoms with Crippen molar-refractivity contribution in [2.75, 3.05) is 19.8 Å². The molecule has 3 heterocycles. The van der Waals surface area contributed by atoms with Crippen LogP contribution in [0, 0.1) is 17.5 Å². The van der Waals surface area contributed by atoms with Gasteiger partial charge in [-0.2, -0.15) is 0 Å². The minimum Gasteiger partial charge on any atom is -0.386 e. The van der Waals surface area contributed by atoms with Gasteiger partial charge in [-0.25, -0.2) is 13.2 Å². The minimum atomic E-state index is -0.691. The molecule has 0 amide bonds. The number of ether oxygens (including phenoxy) is 3. The molecular formula is C36H45F3O6. The summed E-state index contributed by atoms with van der Waals surface area (Å²) in [7, 11) is 0. The van der Waals surface area contributed by atoms with Crippen molar-refractivity contribution in [1.82, 2.24) is 0 Å². The van der Waals surface area contributed by atoms with Crippen LogP contribution in [-0.4, -0.2) is 35.1 Å². The zero-order valence-electron chi connectivity index (χ0n) is 26.2. The quantitative estimate of drug-likeness (QED) is 0.255. The number of benzene rings is 3. The predicted molar refractivity (Wildman–Crippen MR) is 165 cm³/mol. The van der Waals surface area contributed by atoms with Gasteiger partial charge in [0.2, 0.25) is 0 Å². The van der Waals surface area contributed by atoms with E-state index in [0.717, 1.165) is 38.5 Å². The number of hydrogen-bond donors (Lipinski definition) is 3. The van der Waals surface area contributed by atoms with Crippen LogP contribution in [0.3, 0.4) is 0 Å². The standard InChI is InChI=1S/3C12H15FO2/c3*1-2-4-11-12-8(10(14)7-15-11)5-3-6-9(12)13/h3*3,5-6,10-11,14H,2,4,7H2,1H3/t2*10-,11-;/m10./s1. The van der Waals surface area contributed by atoms with Gasteiger partial charge in [0.25, 0.3) is 0 Å². The molecule has 3 aliphatic heterocycles. The van der Waals surface area contributed by atoms with E-state index in [2.05, 4.69) is 0 Å². The van der Waals surface area contributed by atoms with E-state index >= 15 is 0 Å². The smallest absolute Gasteiger partial charge is 0.129 e. The van der Waals surface area contributed by atoms with Crippen LogP contribution in [0.25, 0.3) is 0 Å². The van der Waals surface area contributed by atoms with E-state index in [1.165, 1.54) is 18.2 Å². The maximum Gasteiger partial charge on any atom is 0.129 e. The summed E-state index contributed by atoms with van der Waals surface area (Å²) < 4.78 is 57.2. The normalized spacial score (nSPS) is 25.0. The van der Waals surface area contributed by atoms with Gasteiger partial charge in [-0.3, -0.25) is 0 Å². The molecule has 45 heavy (non-hydrogen) atoms. The fraction of sp³-hybridized carbons (Fsp3) is 0.500. The summed E-state index contributed by atoms with van der Waals surface area (Å²) in [5, 5.41) is 29.0. The Labute approximate surface area is 263 Å². The number of halogens is 3. The van der Waals surface area contributed by atoms with E-state index in [0.29, 0.717) is 33.4 Å². The number of aliphatic hydroxyl groups is 3. The Morgan fingerprint density at radius 2 is 0.778 bits per heavy atom. The van der Waals surface area contributed by atoms with Crippen LogP contribution in [0.1, 0.15) is 129 Å². The van der Waals surface area contributed by atoms with Gasteiger partial charge in [-0.05, 0) is 54.2 Å². The highest BCUT2D eigenvalue weighted by Crippen LogP contribution is 2.38. The van der Waals surface area contributed by atoms with Crippen molar-refractivity contribution in [3.63, 3.8) is 0 Å². The van der Waals surface area contributed by atoms with Crippen molar-refractivity contribution in [1.29, 1.82) is 0 Å². The van der Waals surface area contributed by atoms with Crippen molar-refractivity contribution < 1.29 is 42.7 Å². The topological polar surface area (TPSA) is 88.4 Å². The average molecular weight is 631 g/mol. The van der Waals surface area contributed by atoms with E-state index < -0.39 is 18.3 Å². The first-order valence-corrected chi connectivity index (χ1v) is 15.9. The summed E-state index contributed by atoms with van der Waals surface area (Å²) in [5.74, 6) is -0.820. The fourth-order valence-electron chi connectivity index (χ4n) is 6.16. The van der Waals surface area contributed by atoms with Crippen molar-refractivity contribution in [2.45, 2.75) is 95.9 Å². The number of rotatable bonds is 6. The van der Waals surface area contributed by atoms with Gasteiger partial charge in [0, 0.05) is 16.7 Å². The first-order chi connectivity index (χ1) is 21.7. The van der Waals surface area contributed by atoms with Gasteiger partial charge in [0.1, 0.15) is 35.8 Å². The van der Waals surface area contributed by atoms with Crippen LogP contribution in [0.15, 0.2) is 54.6 Å². The van der Waals surface area contributed by atoms with Crippen LogP contribution < -0.4 is 0 Å². The number of fused-ring (bicyclic) bond motifs is 3. The maximum absolute atomic E-state index is 13.6. The molecule has 0 radical (unpaired) electrons. The molecule has 0 bridgehead atoms. The highest BCUT2D eigenvalue weighted by atomic mass is 19.1. The van der Waals surface area contributed by atoms with Gasteiger partial charge in [0.15, 0.2) is 0 Å². The molecule has 6 atom stereocenters. The van der Waals surface area contributed by atoms with E-state index in [1.54, 1.807) is 36.4 Å². The second kappa shape index (κ2) is 16.7. The molecule has 0 aromatic heterocycles. The van der Waals surface area contributed by atoms with Gasteiger partial charge < -0.3 is 29.5 Å². The Balaban J connectivity index is 0.000000154. The lowest BCUT2D eigenvalue weighted by molar-refractivity contribution is -0.0358. The van der Waals surface area contributed by atoms with Crippen LogP contribution >= 0.6 is 0 Å². The minimum absolute atomic E-state index is 0.199. The van der Waals surface area contributed by atoms with Gasteiger partial charge in [-0.1, -0.05) is 76.4 Å². The third kappa shape index (κ3) is 8.33. The molecule has 3 aliphatic rings. The summed E-state index contributed by atoms with van der Waals surface area (Å²) in [4.78, 5) is 0. The highest BCUT2D eigenvalue weighted by Gasteiger charge is 2.30. The maximum atomic E-state index is 13.6. The summed E-state index contributed by atoms with van der Waals surface area (Å²) >= 11 is 0. The molecule has 3 N–H and O–H groups in total. The van der Waals surface area contributed by atoms with Gasteiger partial charge >= 0.3 is 0 Å². The second-order valence-electron chi connectivity index (χ2n) is 11.6. The molecule has 0 fully saturated rings. The molecule has 6 nitrogen and oxygen atoms in total. The largest absolute Gasteiger partial charge is 0.386 e. The molecule has 9 heteroatoms. The molecular weight excluding hydrogens is 585 g/mol. The predicted octanol–water partition coefficient (Wildman–Crippen LogP) is 8.19. The lowest BCUT2D eigenvalue weighted by Gasteiger charge is -2.29. The van der Waals surface area contributed by atoms with Crippen LogP contribution in [-0.2, 0) is 14.2 Å². The van der Waals surface area contributed by atoms with Crippen molar-refractivity contribution in [3.8, 4) is 0 Å². The molecule has 246 valence electrons. The third-order valence-corrected chi connectivity index (χ3v) is 8.32. The lowest BCUT2D eigenvalue weighted by Crippen LogP contribution is -2.22. The van der Waals surface area contributed by atoms with Crippen LogP contribution in [0.4, 0.5) is 13.2 Å². The Hall–Kier alpha value is -2.79. The van der Waals surface area contributed by atoms with E-state index in [9.17, 15) is 28.5 Å². The zero-order chi connectivity index (χ0) is 32.5. The zero-order valence-corrected chi connectivity index (χ0v) is 26.2. The lowest BCUT2D eigenvalue weighted by atomic mass is 9.93. The Kier molecular flexibility index (Phi) is 13.0. The number of hydrogen-bond acceptors (Lipinski definition) is 6. The molecule has 3 aromatic carbocycles. The first-order valence-electron chi connectivity index (χ1n) is 15.9. The SMILES string of the molecule is CCCC1OCC(O)c2cccc(F)c21.CCC[C@@H]1OC[C@H](O)c2cccc(F)c21.CCC[C@H]1OC[C@@H](O)c2cccc(F)c21. The molecule has 0 aliphatic carbocycles. The summed E-state index contributed by atoms with van der Waals surface area (Å²) in [5.41, 5.74) is 3.66. The Morgan fingerprint density at radius 1 is 0.511 bits per heavy atom. The van der Waals surface area contributed by atoms with E-state index in [4.69, 9.17) is 14.2 Å². The molecule has 2 unspecified atom stereocenters. The van der Waals surface area contributed by atoms with Crippen molar-refractivity contribution in [3.05, 3.63) is 105 Å². The van der Waals surface area contributed by atoms with Crippen molar-refractivity contribution in [2.24, 2.45) is 0 Å². The highest BCUT2D eigenvalue weighted by molar-refractivity contribution is 5.36. The van der Waals surface area contributed by atoms with Crippen LogP contribution in [0.5, 0.6) is 0 Å². The summed E-state index contributed by atoms with van der Waals surface area (Å²) in [6.45, 7) is 6.90. The summed E-state index contributed by atoms with van der Waals surface area (Å²) in [6.07, 6.45) is 2.52. The average Bonchev–Trinajstić information content (AvgIpc) is 3.03. The Morgan fingerprint density at radius 3 is 1.02 bits per heavy atom. The van der Waals surface area contributed by atoms with Gasteiger partial charge in [-0.15, -0.1) is 0 Å². The molecule has 0 spiro atoms. The van der Waals surface area contributed by atoms with Crippen LogP contribution in [0.2, 0.25) is 0 Å². The monoisotopic (exact) mass is 630 g/mol. The molecule has 3 aromatic rings. The third-order valence-electron chi connectivity index (χ3n) is 8.32. The second-order valence-corrected chi connectivity index (χ2v) is 11.6. The van der Waals surface area contributed by atoms with E-state index in [1.807, 2.05) is 20.8 Å². The summed E-state index contributed by atoms with van der Waals surface area (Å²) in [6, 6.07) is 14.5. The number of aliphatic hydroxyl groups excluding tert-OH is 3. The molecule has 0 saturated heterocycles. The fourth-order valence-corrected chi connectivity index (χ4v) is 6.16. The first kappa shape index (κ1) is 35.1. The van der Waals surface area contributed by atoms with E-state index in [-0.39, 0.29) is 55.6 Å². The molecule has 6 rings (SSSR count). The molecule has 0 saturated carbocycles. The Bertz CT molecular complexity index is 1220. The van der Waals surface area contributed by atoms with Crippen molar-refractivity contribution >= 4 is 0 Å².